The van der Waals surface area contributed by atoms with Crippen LogP contribution in [0, 0.1) is 28.5 Å². The summed E-state index contributed by atoms with van der Waals surface area (Å²) >= 11 is 1.47. The van der Waals surface area contributed by atoms with Crippen LogP contribution >= 0.6 is 11.9 Å². The van der Waals surface area contributed by atoms with Crippen LogP contribution in [0.15, 0.2) is 77.7 Å². The van der Waals surface area contributed by atoms with Crippen LogP contribution in [0.2, 0.25) is 0 Å². The molecular formula is C29H27F4N3OS. The van der Waals surface area contributed by atoms with E-state index in [2.05, 4.69) is 9.62 Å². The Morgan fingerprint density at radius 3 is 2.39 bits per heavy atom. The van der Waals surface area contributed by atoms with Gasteiger partial charge >= 0.3 is 6.18 Å². The minimum absolute atomic E-state index is 0.000271. The lowest BCUT2D eigenvalue weighted by Crippen LogP contribution is -2.46. The van der Waals surface area contributed by atoms with Gasteiger partial charge in [0.25, 0.3) is 0 Å². The number of carbonyl (C=O) groups excluding carboxylic acids is 1. The Labute approximate surface area is 223 Å². The number of nitrogens with zero attached hydrogens (tertiary/aromatic N) is 2. The maximum absolute atomic E-state index is 13.7. The van der Waals surface area contributed by atoms with Gasteiger partial charge in [-0.3, -0.25) is 4.79 Å². The van der Waals surface area contributed by atoms with Crippen molar-refractivity contribution in [2.45, 2.75) is 37.3 Å². The Morgan fingerprint density at radius 1 is 1.05 bits per heavy atom. The highest BCUT2D eigenvalue weighted by Crippen LogP contribution is 2.42. The van der Waals surface area contributed by atoms with Crippen molar-refractivity contribution >= 4 is 23.5 Å². The number of hydrogen-bond donors (Lipinski definition) is 1. The first-order chi connectivity index (χ1) is 18.1. The van der Waals surface area contributed by atoms with Crippen LogP contribution in [0.3, 0.4) is 0 Å². The molecule has 1 fully saturated rings. The van der Waals surface area contributed by atoms with Crippen molar-refractivity contribution in [3.8, 4) is 6.07 Å². The topological polar surface area (TPSA) is 56.1 Å². The van der Waals surface area contributed by atoms with Gasteiger partial charge in [-0.2, -0.15) is 18.4 Å². The molecule has 0 spiro atoms. The van der Waals surface area contributed by atoms with E-state index in [9.17, 15) is 22.4 Å². The molecule has 4 nitrogen and oxygen atoms in total. The first kappa shape index (κ1) is 27.7. The summed E-state index contributed by atoms with van der Waals surface area (Å²) in [5, 5.41) is 11.8. The van der Waals surface area contributed by atoms with Gasteiger partial charge in [-0.05, 0) is 79.1 Å². The minimum Gasteiger partial charge on any atom is -0.326 e. The van der Waals surface area contributed by atoms with E-state index in [0.29, 0.717) is 32.4 Å². The fourth-order valence-corrected chi connectivity index (χ4v) is 5.91. The van der Waals surface area contributed by atoms with E-state index >= 15 is 0 Å². The summed E-state index contributed by atoms with van der Waals surface area (Å²) in [6.07, 6.45) is -2.91. The molecule has 4 rings (SSSR count). The van der Waals surface area contributed by atoms with E-state index in [1.807, 2.05) is 43.3 Å². The normalized spacial score (nSPS) is 16.4. The molecule has 1 saturated heterocycles. The molecule has 3 aromatic rings. The first-order valence-electron chi connectivity index (χ1n) is 12.2. The lowest BCUT2D eigenvalue weighted by atomic mass is 9.68. The van der Waals surface area contributed by atoms with Crippen molar-refractivity contribution in [1.29, 1.82) is 5.26 Å². The van der Waals surface area contributed by atoms with Gasteiger partial charge in [-0.25, -0.2) is 8.70 Å². The van der Waals surface area contributed by atoms with Gasteiger partial charge in [0.05, 0.1) is 22.6 Å². The number of alkyl halides is 3. The third kappa shape index (κ3) is 6.55. The van der Waals surface area contributed by atoms with Crippen molar-refractivity contribution in [1.82, 2.24) is 4.31 Å². The highest BCUT2D eigenvalue weighted by molar-refractivity contribution is 7.97. The van der Waals surface area contributed by atoms with E-state index in [1.54, 1.807) is 12.1 Å². The molecule has 0 aromatic heterocycles. The Kier molecular flexibility index (Phi) is 8.44. The number of nitriles is 1. The summed E-state index contributed by atoms with van der Waals surface area (Å²) in [4.78, 5) is 14.5. The Hall–Kier alpha value is -3.35. The van der Waals surface area contributed by atoms with Gasteiger partial charge in [-0.1, -0.05) is 43.3 Å². The van der Waals surface area contributed by atoms with Gasteiger partial charge in [0, 0.05) is 23.7 Å². The van der Waals surface area contributed by atoms with Crippen LogP contribution in [0.4, 0.5) is 23.2 Å². The summed E-state index contributed by atoms with van der Waals surface area (Å²) in [6, 6.07) is 20.7. The average Bonchev–Trinajstić information content (AvgIpc) is 2.89. The Balaban J connectivity index is 1.54. The van der Waals surface area contributed by atoms with Gasteiger partial charge in [0.1, 0.15) is 5.82 Å². The maximum Gasteiger partial charge on any atom is 0.417 e. The lowest BCUT2D eigenvalue weighted by molar-refractivity contribution is -0.137. The van der Waals surface area contributed by atoms with Gasteiger partial charge in [0.2, 0.25) is 5.91 Å². The summed E-state index contributed by atoms with van der Waals surface area (Å²) in [5.41, 5.74) is -1.52. The molecule has 1 aliphatic heterocycles. The summed E-state index contributed by atoms with van der Waals surface area (Å²) in [6.45, 7) is 3.22. The second-order valence-electron chi connectivity index (χ2n) is 9.66. The maximum atomic E-state index is 13.7. The third-order valence-electron chi connectivity index (χ3n) is 7.02. The zero-order valence-corrected chi connectivity index (χ0v) is 21.6. The molecule has 38 heavy (non-hydrogen) atoms. The molecule has 0 radical (unpaired) electrons. The van der Waals surface area contributed by atoms with E-state index < -0.39 is 22.7 Å². The molecular weight excluding hydrogens is 514 g/mol. The second kappa shape index (κ2) is 11.6. The number of anilines is 1. The highest BCUT2D eigenvalue weighted by atomic mass is 32.2. The Bertz CT molecular complexity index is 1320. The van der Waals surface area contributed by atoms with Crippen LogP contribution in [-0.4, -0.2) is 23.3 Å². The molecule has 198 valence electrons. The number of hydrogen-bond acceptors (Lipinski definition) is 4. The number of carbonyl (C=O) groups is 1. The quantitative estimate of drug-likeness (QED) is 0.252. The van der Waals surface area contributed by atoms with Crippen molar-refractivity contribution in [2.75, 3.05) is 18.4 Å². The molecule has 3 aromatic carbocycles. The van der Waals surface area contributed by atoms with E-state index in [0.717, 1.165) is 22.6 Å². The van der Waals surface area contributed by atoms with E-state index in [1.165, 1.54) is 30.1 Å². The van der Waals surface area contributed by atoms with Crippen LogP contribution in [0.1, 0.15) is 36.5 Å². The number of benzene rings is 3. The van der Waals surface area contributed by atoms with Crippen LogP contribution < -0.4 is 5.32 Å². The second-order valence-corrected chi connectivity index (χ2v) is 10.8. The number of amides is 1. The van der Waals surface area contributed by atoms with Crippen molar-refractivity contribution < 1.29 is 22.4 Å². The Morgan fingerprint density at radius 2 is 1.76 bits per heavy atom. The molecule has 1 atom stereocenters. The molecule has 0 bridgehead atoms. The summed E-state index contributed by atoms with van der Waals surface area (Å²) < 4.78 is 56.2. The molecule has 0 saturated carbocycles. The predicted octanol–water partition coefficient (Wildman–Crippen LogP) is 7.32. The predicted molar refractivity (Wildman–Crippen MR) is 140 cm³/mol. The standard InChI is InChI=1S/C29H27F4N3OS/c1-28(18-20-6-3-2-4-7-20,22-12-14-36(15-13-22)38-25-9-5-8-23(30)16-25)27(37)35-24-11-10-21(19-34)26(17-24)29(31,32)33/h2-11,16-17,22H,12-15,18H2,1H3,(H,35,37). The van der Waals surface area contributed by atoms with Gasteiger partial charge < -0.3 is 5.32 Å². The average molecular weight is 542 g/mol. The number of rotatable bonds is 7. The molecule has 1 unspecified atom stereocenters. The van der Waals surface area contributed by atoms with Gasteiger partial charge in [-0.15, -0.1) is 0 Å². The molecule has 1 aliphatic rings. The van der Waals surface area contributed by atoms with Crippen molar-refractivity contribution in [3.05, 3.63) is 95.3 Å². The smallest absolute Gasteiger partial charge is 0.326 e. The van der Waals surface area contributed by atoms with Crippen molar-refractivity contribution in [3.63, 3.8) is 0 Å². The SMILES string of the molecule is CC(Cc1ccccc1)(C(=O)Nc1ccc(C#N)c(C(F)(F)F)c1)C1CCN(Sc2cccc(F)c2)CC1. The number of halogens is 4. The fraction of sp³-hybridized carbons (Fsp3) is 0.310. The zero-order chi connectivity index (χ0) is 27.3. The van der Waals surface area contributed by atoms with E-state index in [-0.39, 0.29) is 23.3 Å². The van der Waals surface area contributed by atoms with Crippen molar-refractivity contribution in [2.24, 2.45) is 11.3 Å². The van der Waals surface area contributed by atoms with Crippen LogP contribution in [0.5, 0.6) is 0 Å². The largest absolute Gasteiger partial charge is 0.417 e. The van der Waals surface area contributed by atoms with Crippen LogP contribution in [-0.2, 0) is 17.4 Å². The van der Waals surface area contributed by atoms with E-state index in [4.69, 9.17) is 5.26 Å². The lowest BCUT2D eigenvalue weighted by Gasteiger charge is -2.41. The molecule has 9 heteroatoms. The minimum atomic E-state index is -4.72. The molecule has 1 heterocycles. The summed E-state index contributed by atoms with van der Waals surface area (Å²) in [5.74, 6) is -0.698. The molecule has 1 N–H and O–H groups in total. The van der Waals surface area contributed by atoms with Gasteiger partial charge in [0.15, 0.2) is 0 Å². The van der Waals surface area contributed by atoms with Crippen LogP contribution in [0.25, 0.3) is 0 Å². The first-order valence-corrected chi connectivity index (χ1v) is 13.0. The number of nitrogens with one attached hydrogen (secondary N) is 1. The molecule has 0 aliphatic carbocycles. The fourth-order valence-electron chi connectivity index (χ4n) is 4.91. The summed E-state index contributed by atoms with van der Waals surface area (Å²) in [7, 11) is 0. The number of piperidine rings is 1. The zero-order valence-electron chi connectivity index (χ0n) is 20.8. The third-order valence-corrected chi connectivity index (χ3v) is 8.11. The highest BCUT2D eigenvalue weighted by Gasteiger charge is 2.43. The molecule has 1 amide bonds. The monoisotopic (exact) mass is 541 g/mol.